The molecule has 2 aliphatic heterocycles. The molecule has 2 heterocycles. The van der Waals surface area contributed by atoms with Gasteiger partial charge in [0, 0.05) is 11.1 Å². The third kappa shape index (κ3) is 3.85. The highest BCUT2D eigenvalue weighted by Gasteiger charge is 2.42. The zero-order valence-electron chi connectivity index (χ0n) is 14.4. The van der Waals surface area contributed by atoms with E-state index in [9.17, 15) is 4.79 Å². The lowest BCUT2D eigenvalue weighted by Gasteiger charge is -2.32. The number of halogens is 1. The largest absolute Gasteiger partial charge is 0.373 e. The van der Waals surface area contributed by atoms with Gasteiger partial charge in [0.25, 0.3) is 0 Å². The summed E-state index contributed by atoms with van der Waals surface area (Å²) in [4.78, 5) is 12.6. The van der Waals surface area contributed by atoms with Crippen molar-refractivity contribution in [2.45, 2.75) is 68.7 Å². The molecule has 2 saturated heterocycles. The summed E-state index contributed by atoms with van der Waals surface area (Å²) in [6.45, 7) is 0.645. The summed E-state index contributed by atoms with van der Waals surface area (Å²) in [5.41, 5.74) is 7.52. The number of ether oxygens (including phenoxy) is 1. The van der Waals surface area contributed by atoms with Gasteiger partial charge in [-0.05, 0) is 43.4 Å². The van der Waals surface area contributed by atoms with Crippen molar-refractivity contribution in [1.29, 1.82) is 0 Å². The van der Waals surface area contributed by atoms with E-state index in [0.717, 1.165) is 36.3 Å². The van der Waals surface area contributed by atoms with Crippen molar-refractivity contribution in [2.24, 2.45) is 0 Å². The van der Waals surface area contributed by atoms with E-state index in [2.05, 4.69) is 16.2 Å². The lowest BCUT2D eigenvalue weighted by Crippen LogP contribution is -2.47. The van der Waals surface area contributed by atoms with Gasteiger partial charge < -0.3 is 10.1 Å². The van der Waals surface area contributed by atoms with Crippen LogP contribution in [0.2, 0.25) is 5.02 Å². The fourth-order valence-electron chi connectivity index (χ4n) is 4.43. The molecule has 0 bridgehead atoms. The second-order valence-corrected chi connectivity index (χ2v) is 8.08. The second-order valence-electron chi connectivity index (χ2n) is 7.65. The van der Waals surface area contributed by atoms with Gasteiger partial charge in [-0.1, -0.05) is 43.0 Å². The zero-order chi connectivity index (χ0) is 17.3. The van der Waals surface area contributed by atoms with E-state index < -0.39 is 0 Å². The zero-order valence-corrected chi connectivity index (χ0v) is 15.1. The number of carbonyl (C=O) groups excluding carboxylic acids is 1. The van der Waals surface area contributed by atoms with Crippen LogP contribution in [0.25, 0.3) is 0 Å². The molecule has 1 amide bonds. The van der Waals surface area contributed by atoms with Gasteiger partial charge in [-0.3, -0.25) is 4.79 Å². The maximum atomic E-state index is 12.6. The summed E-state index contributed by atoms with van der Waals surface area (Å²) in [5.74, 6) is 0.0606. The quantitative estimate of drug-likeness (QED) is 0.772. The van der Waals surface area contributed by atoms with Crippen LogP contribution < -0.4 is 16.2 Å². The Morgan fingerprint density at radius 2 is 1.92 bits per heavy atom. The van der Waals surface area contributed by atoms with Gasteiger partial charge in [-0.25, -0.2) is 10.9 Å². The SMILES string of the molecule is O=C(NC1COC2(CCCCC2)C1)C1CC(c2ccc(Cl)cc2)NN1. The van der Waals surface area contributed by atoms with Crippen molar-refractivity contribution in [3.63, 3.8) is 0 Å². The van der Waals surface area contributed by atoms with Gasteiger partial charge in [0.2, 0.25) is 5.91 Å². The Labute approximate surface area is 153 Å². The molecule has 3 N–H and O–H groups in total. The summed E-state index contributed by atoms with van der Waals surface area (Å²) in [7, 11) is 0. The molecule has 1 saturated carbocycles. The molecule has 1 aliphatic carbocycles. The van der Waals surface area contributed by atoms with E-state index in [1.54, 1.807) is 0 Å². The third-order valence-corrected chi connectivity index (χ3v) is 6.06. The maximum Gasteiger partial charge on any atom is 0.238 e. The van der Waals surface area contributed by atoms with Crippen molar-refractivity contribution in [3.05, 3.63) is 34.9 Å². The molecule has 0 radical (unpaired) electrons. The number of hydrogen-bond acceptors (Lipinski definition) is 4. The van der Waals surface area contributed by atoms with Crippen LogP contribution in [-0.2, 0) is 9.53 Å². The monoisotopic (exact) mass is 363 g/mol. The number of benzene rings is 1. The molecular formula is C19H26ClN3O2. The van der Waals surface area contributed by atoms with Crippen LogP contribution in [0.1, 0.15) is 56.6 Å². The molecule has 3 aliphatic rings. The standard InChI is InChI=1S/C19H26ClN3O2/c20-14-6-4-13(5-7-14)16-10-17(23-22-16)18(24)21-15-11-19(25-12-15)8-2-1-3-9-19/h4-7,15-17,22-23H,1-3,8-12H2,(H,21,24). The Kier molecular flexibility index (Phi) is 5.00. The fourth-order valence-corrected chi connectivity index (χ4v) is 4.55. The number of hydrazine groups is 1. The van der Waals surface area contributed by atoms with Gasteiger partial charge in [-0.15, -0.1) is 0 Å². The highest BCUT2D eigenvalue weighted by molar-refractivity contribution is 6.30. The van der Waals surface area contributed by atoms with Crippen LogP contribution in [0.15, 0.2) is 24.3 Å². The van der Waals surface area contributed by atoms with E-state index in [1.165, 1.54) is 19.3 Å². The lowest BCUT2D eigenvalue weighted by atomic mass is 9.82. The van der Waals surface area contributed by atoms with Crippen LogP contribution in [0, 0.1) is 0 Å². The number of carbonyl (C=O) groups is 1. The molecule has 6 heteroatoms. The lowest BCUT2D eigenvalue weighted by molar-refractivity contribution is -0.123. The minimum Gasteiger partial charge on any atom is -0.373 e. The molecule has 4 rings (SSSR count). The molecular weight excluding hydrogens is 338 g/mol. The molecule has 1 aromatic carbocycles. The molecule has 1 aromatic rings. The van der Waals surface area contributed by atoms with Crippen molar-refractivity contribution in [1.82, 2.24) is 16.2 Å². The summed E-state index contributed by atoms with van der Waals surface area (Å²) >= 11 is 5.94. The Morgan fingerprint density at radius 1 is 1.16 bits per heavy atom. The number of rotatable bonds is 3. The van der Waals surface area contributed by atoms with Gasteiger partial charge in [0.1, 0.15) is 6.04 Å². The molecule has 3 atom stereocenters. The van der Waals surface area contributed by atoms with Crippen LogP contribution in [0.5, 0.6) is 0 Å². The third-order valence-electron chi connectivity index (χ3n) is 5.81. The Bertz CT molecular complexity index is 616. The van der Waals surface area contributed by atoms with Crippen LogP contribution in [-0.4, -0.2) is 30.2 Å². The Balaban J connectivity index is 1.30. The van der Waals surface area contributed by atoms with E-state index >= 15 is 0 Å². The molecule has 1 spiro atoms. The smallest absolute Gasteiger partial charge is 0.238 e. The van der Waals surface area contributed by atoms with Crippen LogP contribution >= 0.6 is 11.6 Å². The van der Waals surface area contributed by atoms with Gasteiger partial charge in [-0.2, -0.15) is 0 Å². The minimum atomic E-state index is -0.219. The topological polar surface area (TPSA) is 62.4 Å². The van der Waals surface area contributed by atoms with E-state index in [4.69, 9.17) is 16.3 Å². The molecule has 136 valence electrons. The van der Waals surface area contributed by atoms with Crippen LogP contribution in [0.4, 0.5) is 0 Å². The van der Waals surface area contributed by atoms with Crippen molar-refractivity contribution < 1.29 is 9.53 Å². The summed E-state index contributed by atoms with van der Waals surface area (Å²) in [6.07, 6.45) is 7.77. The number of hydrogen-bond donors (Lipinski definition) is 3. The first-order chi connectivity index (χ1) is 12.1. The average molecular weight is 364 g/mol. The normalized spacial score (nSPS) is 31.3. The Hall–Kier alpha value is -1.14. The highest BCUT2D eigenvalue weighted by atomic mass is 35.5. The Morgan fingerprint density at radius 3 is 2.68 bits per heavy atom. The van der Waals surface area contributed by atoms with Gasteiger partial charge >= 0.3 is 0 Å². The first-order valence-electron chi connectivity index (χ1n) is 9.34. The predicted octanol–water partition coefficient (Wildman–Crippen LogP) is 2.86. The van der Waals surface area contributed by atoms with Crippen molar-refractivity contribution in [3.8, 4) is 0 Å². The van der Waals surface area contributed by atoms with Crippen LogP contribution in [0.3, 0.4) is 0 Å². The van der Waals surface area contributed by atoms with Gasteiger partial charge in [0.05, 0.1) is 18.2 Å². The average Bonchev–Trinajstić information content (AvgIpc) is 3.25. The van der Waals surface area contributed by atoms with E-state index in [-0.39, 0.29) is 29.6 Å². The maximum absolute atomic E-state index is 12.6. The summed E-state index contributed by atoms with van der Waals surface area (Å²) in [6, 6.07) is 7.80. The first kappa shape index (κ1) is 17.3. The molecule has 3 unspecified atom stereocenters. The second kappa shape index (κ2) is 7.23. The summed E-state index contributed by atoms with van der Waals surface area (Å²) < 4.78 is 6.10. The molecule has 3 fully saturated rings. The fraction of sp³-hybridized carbons (Fsp3) is 0.632. The van der Waals surface area contributed by atoms with E-state index in [1.807, 2.05) is 24.3 Å². The highest BCUT2D eigenvalue weighted by Crippen LogP contribution is 2.39. The summed E-state index contributed by atoms with van der Waals surface area (Å²) in [5, 5.41) is 3.91. The van der Waals surface area contributed by atoms with Crippen molar-refractivity contribution >= 4 is 17.5 Å². The number of amides is 1. The predicted molar refractivity (Wildman–Crippen MR) is 97.2 cm³/mol. The molecule has 5 nitrogen and oxygen atoms in total. The molecule has 0 aromatic heterocycles. The first-order valence-corrected chi connectivity index (χ1v) is 9.72. The van der Waals surface area contributed by atoms with Crippen molar-refractivity contribution in [2.75, 3.05) is 6.61 Å². The number of nitrogens with one attached hydrogen (secondary N) is 3. The molecule has 25 heavy (non-hydrogen) atoms. The minimum absolute atomic E-state index is 0.0311. The van der Waals surface area contributed by atoms with E-state index in [0.29, 0.717) is 6.61 Å². The van der Waals surface area contributed by atoms with Gasteiger partial charge in [0.15, 0.2) is 0 Å².